The van der Waals surface area contributed by atoms with E-state index in [1.807, 2.05) is 0 Å². The van der Waals surface area contributed by atoms with Crippen molar-refractivity contribution in [3.63, 3.8) is 0 Å². The monoisotopic (exact) mass is 207 g/mol. The Balaban J connectivity index is 3.20. The maximum absolute atomic E-state index is 11.4. The van der Waals surface area contributed by atoms with E-state index in [2.05, 4.69) is 17.5 Å². The fraction of sp³-hybridized carbons (Fsp3) is 0.125. The second-order valence-corrected chi connectivity index (χ2v) is 2.69. The summed E-state index contributed by atoms with van der Waals surface area (Å²) in [5.74, 6) is -0.427. The van der Waals surface area contributed by atoms with Crippen molar-refractivity contribution >= 4 is 25.0 Å². The predicted octanol–water partition coefficient (Wildman–Crippen LogP) is 0.0158. The average Bonchev–Trinajstić information content (AvgIpc) is 2.21. The molecule has 0 saturated carbocycles. The van der Waals surface area contributed by atoms with Crippen LogP contribution in [0.3, 0.4) is 0 Å². The molecule has 0 aliphatic carbocycles. The minimum absolute atomic E-state index is 0.150. The van der Waals surface area contributed by atoms with Gasteiger partial charge in [-0.1, -0.05) is 0 Å². The van der Waals surface area contributed by atoms with E-state index in [-0.39, 0.29) is 17.0 Å². The van der Waals surface area contributed by atoms with Gasteiger partial charge in [-0.25, -0.2) is 0 Å². The Kier molecular flexibility index (Phi) is 3.27. The van der Waals surface area contributed by atoms with Gasteiger partial charge in [-0.2, -0.15) is 0 Å². The number of nitrogens with zero attached hydrogens (tertiary/aromatic N) is 1. The fourth-order valence-electron chi connectivity index (χ4n) is 1.05. The van der Waals surface area contributed by atoms with Gasteiger partial charge in [-0.3, -0.25) is 0 Å². The number of hydrogen-bond donors (Lipinski definition) is 2. The van der Waals surface area contributed by atoms with Crippen molar-refractivity contribution in [1.82, 2.24) is 0 Å². The molecule has 1 rings (SSSR count). The van der Waals surface area contributed by atoms with E-state index in [1.165, 1.54) is 19.2 Å². The Bertz CT molecular complexity index is 408. The minimum atomic E-state index is -0.700. The van der Waals surface area contributed by atoms with Gasteiger partial charge in [0, 0.05) is 0 Å². The number of carbonyl (C=O) groups excluding carboxylic acids is 1. The molecule has 0 heterocycles. The molecule has 0 unspecified atom stereocenters. The molecule has 0 saturated heterocycles. The van der Waals surface area contributed by atoms with Gasteiger partial charge in [0.2, 0.25) is 0 Å². The van der Waals surface area contributed by atoms with Crippen molar-refractivity contribution in [3.8, 4) is 5.75 Å². The Morgan fingerprint density at radius 2 is 2.00 bits per heavy atom. The van der Waals surface area contributed by atoms with Gasteiger partial charge < -0.3 is 0 Å². The molecule has 78 valence electrons. The third kappa shape index (κ3) is 2.25. The third-order valence-corrected chi connectivity index (χ3v) is 1.77. The number of anilines is 2. The zero-order chi connectivity index (χ0) is 11.4. The molecule has 7 heteroatoms. The van der Waals surface area contributed by atoms with Crippen LogP contribution in [0.1, 0.15) is 10.4 Å². The second kappa shape index (κ2) is 4.45. The van der Waals surface area contributed by atoms with Crippen LogP contribution < -0.4 is 16.2 Å². The Labute approximate surface area is 87.2 Å². The van der Waals surface area contributed by atoms with Crippen molar-refractivity contribution in [3.05, 3.63) is 17.7 Å². The molecule has 0 fully saturated rings. The molecule has 0 amide bonds. The summed E-state index contributed by atoms with van der Waals surface area (Å²) in [4.78, 5) is 15.7. The standard InChI is InChI=1S/C8H10BN3O3/c1-14-7-3-6(11)5(10)2-4(7)8(13)15-12-9/h2-3,9H,10-11H2,1H3. The first-order valence-electron chi connectivity index (χ1n) is 4.00. The van der Waals surface area contributed by atoms with Crippen molar-refractivity contribution in [2.24, 2.45) is 5.06 Å². The van der Waals surface area contributed by atoms with Gasteiger partial charge in [-0.15, -0.1) is 0 Å². The van der Waals surface area contributed by atoms with E-state index in [4.69, 9.17) is 16.2 Å². The molecular formula is C8H10BN3O3. The van der Waals surface area contributed by atoms with E-state index < -0.39 is 5.97 Å². The molecule has 0 atom stereocenters. The van der Waals surface area contributed by atoms with E-state index in [1.54, 1.807) is 0 Å². The topological polar surface area (TPSA) is 99.9 Å². The third-order valence-electron chi connectivity index (χ3n) is 1.77. The molecule has 1 aromatic rings. The average molecular weight is 207 g/mol. The van der Waals surface area contributed by atoms with E-state index in [0.29, 0.717) is 5.69 Å². The molecule has 15 heavy (non-hydrogen) atoms. The zero-order valence-electron chi connectivity index (χ0n) is 8.19. The summed E-state index contributed by atoms with van der Waals surface area (Å²) in [5, 5.41) is 3.01. The van der Waals surface area contributed by atoms with Crippen LogP contribution in [0.25, 0.3) is 0 Å². The van der Waals surface area contributed by atoms with Crippen LogP contribution in [0.5, 0.6) is 5.75 Å². The second-order valence-electron chi connectivity index (χ2n) is 2.69. The zero-order valence-corrected chi connectivity index (χ0v) is 8.19. The van der Waals surface area contributed by atoms with Crippen LogP contribution >= 0.6 is 0 Å². The van der Waals surface area contributed by atoms with Gasteiger partial charge >= 0.3 is 86.4 Å². The first kappa shape index (κ1) is 11.0. The Hall–Kier alpha value is -2.05. The molecule has 4 N–H and O–H groups in total. The fourth-order valence-corrected chi connectivity index (χ4v) is 1.05. The molecule has 0 bridgehead atoms. The molecule has 0 radical (unpaired) electrons. The van der Waals surface area contributed by atoms with Gasteiger partial charge in [-0.05, 0) is 0 Å². The molecule has 0 aromatic heterocycles. The van der Waals surface area contributed by atoms with Gasteiger partial charge in [0.1, 0.15) is 0 Å². The van der Waals surface area contributed by atoms with E-state index >= 15 is 0 Å². The SMILES string of the molecule is B=NOC(=O)c1cc(N)c(N)cc1OC. The molecule has 0 spiro atoms. The Morgan fingerprint density at radius 3 is 2.53 bits per heavy atom. The quantitative estimate of drug-likeness (QED) is 0.413. The summed E-state index contributed by atoms with van der Waals surface area (Å²) < 4.78 is 4.95. The van der Waals surface area contributed by atoms with Crippen LogP contribution in [-0.2, 0) is 4.84 Å². The first-order valence-corrected chi connectivity index (χ1v) is 4.00. The number of nitrogen functional groups attached to an aromatic ring is 2. The summed E-state index contributed by atoms with van der Waals surface area (Å²) in [6.07, 6.45) is 0. The summed E-state index contributed by atoms with van der Waals surface area (Å²) in [6.45, 7) is 0. The van der Waals surface area contributed by atoms with Crippen LogP contribution in [0.15, 0.2) is 17.2 Å². The number of hydrogen-bond acceptors (Lipinski definition) is 6. The van der Waals surface area contributed by atoms with Crippen LogP contribution in [0, 0.1) is 0 Å². The summed E-state index contributed by atoms with van der Waals surface area (Å²) in [7, 11) is 4.44. The van der Waals surface area contributed by atoms with Gasteiger partial charge in [0.05, 0.1) is 0 Å². The van der Waals surface area contributed by atoms with Crippen molar-refractivity contribution in [1.29, 1.82) is 0 Å². The molecule has 0 aliphatic heterocycles. The van der Waals surface area contributed by atoms with Crippen LogP contribution in [0.2, 0.25) is 0 Å². The van der Waals surface area contributed by atoms with Crippen molar-refractivity contribution in [2.45, 2.75) is 0 Å². The maximum atomic E-state index is 11.4. The predicted molar refractivity (Wildman–Crippen MR) is 56.8 cm³/mol. The van der Waals surface area contributed by atoms with Crippen LogP contribution in [0.4, 0.5) is 11.4 Å². The number of methoxy groups -OCH3 is 1. The molecule has 6 nitrogen and oxygen atoms in total. The van der Waals surface area contributed by atoms with E-state index in [9.17, 15) is 4.79 Å². The molecular weight excluding hydrogens is 197 g/mol. The number of nitrogens with two attached hydrogens (primary N) is 2. The Morgan fingerprint density at radius 1 is 1.40 bits per heavy atom. The first-order chi connectivity index (χ1) is 7.10. The number of rotatable bonds is 3. The van der Waals surface area contributed by atoms with E-state index in [0.717, 1.165) is 0 Å². The van der Waals surface area contributed by atoms with Gasteiger partial charge in [0.25, 0.3) is 0 Å². The summed E-state index contributed by atoms with van der Waals surface area (Å²) in [5.41, 5.74) is 11.8. The van der Waals surface area contributed by atoms with Crippen LogP contribution in [-0.4, -0.2) is 20.7 Å². The number of ether oxygens (including phenoxy) is 1. The number of benzene rings is 1. The summed E-state index contributed by atoms with van der Waals surface area (Å²) in [6, 6.07) is 2.80. The molecule has 1 aromatic carbocycles. The van der Waals surface area contributed by atoms with Crippen molar-refractivity contribution < 1.29 is 14.4 Å². The van der Waals surface area contributed by atoms with Crippen molar-refractivity contribution in [2.75, 3.05) is 18.6 Å². The normalized spacial score (nSPS) is 9.33. The van der Waals surface area contributed by atoms with Gasteiger partial charge in [0.15, 0.2) is 0 Å². The molecule has 0 aliphatic rings. The summed E-state index contributed by atoms with van der Waals surface area (Å²) >= 11 is 0. The number of carbonyl (C=O) groups is 1.